The van der Waals surface area contributed by atoms with Gasteiger partial charge in [-0.1, -0.05) is 13.8 Å². The summed E-state index contributed by atoms with van der Waals surface area (Å²) < 4.78 is 22.8. The third kappa shape index (κ3) is 3.91. The molecule has 5 heteroatoms. The molecule has 0 aliphatic heterocycles. The molecule has 0 saturated heterocycles. The Morgan fingerprint density at radius 3 is 2.39 bits per heavy atom. The standard InChI is InChI=1S/C13H22N2O2S/c1-10(2)7-8-15(3)13-6-5-11(9-12(13)14)18(4,16)17/h5-6,9-10H,7-8,14H2,1-4H3. The first-order valence-corrected chi connectivity index (χ1v) is 7.91. The van der Waals surface area contributed by atoms with E-state index in [1.54, 1.807) is 12.1 Å². The molecular formula is C13H22N2O2S. The van der Waals surface area contributed by atoms with E-state index in [0.29, 0.717) is 11.6 Å². The van der Waals surface area contributed by atoms with Gasteiger partial charge >= 0.3 is 0 Å². The third-order valence-electron chi connectivity index (χ3n) is 2.88. The largest absolute Gasteiger partial charge is 0.397 e. The highest BCUT2D eigenvalue weighted by atomic mass is 32.2. The van der Waals surface area contributed by atoms with Gasteiger partial charge in [-0.3, -0.25) is 0 Å². The molecule has 0 aliphatic rings. The van der Waals surface area contributed by atoms with Gasteiger partial charge < -0.3 is 10.6 Å². The van der Waals surface area contributed by atoms with Crippen LogP contribution in [0.1, 0.15) is 20.3 Å². The lowest BCUT2D eigenvalue weighted by Gasteiger charge is -2.22. The van der Waals surface area contributed by atoms with Gasteiger partial charge in [0.1, 0.15) is 0 Å². The van der Waals surface area contributed by atoms with E-state index in [-0.39, 0.29) is 4.90 Å². The van der Waals surface area contributed by atoms with Gasteiger partial charge in [0.25, 0.3) is 0 Å². The molecule has 0 radical (unpaired) electrons. The van der Waals surface area contributed by atoms with Crippen LogP contribution in [-0.4, -0.2) is 28.3 Å². The van der Waals surface area contributed by atoms with Gasteiger partial charge in [0.2, 0.25) is 0 Å². The number of hydrogen-bond acceptors (Lipinski definition) is 4. The average Bonchev–Trinajstić information content (AvgIpc) is 2.24. The number of anilines is 2. The average molecular weight is 270 g/mol. The van der Waals surface area contributed by atoms with E-state index in [2.05, 4.69) is 18.7 Å². The maximum atomic E-state index is 11.4. The lowest BCUT2D eigenvalue weighted by molar-refractivity contribution is 0.585. The zero-order valence-corrected chi connectivity index (χ0v) is 12.3. The van der Waals surface area contributed by atoms with Crippen molar-refractivity contribution in [2.45, 2.75) is 25.2 Å². The van der Waals surface area contributed by atoms with Gasteiger partial charge in [0.15, 0.2) is 9.84 Å². The number of nitrogens with two attached hydrogens (primary N) is 1. The second-order valence-electron chi connectivity index (χ2n) is 5.10. The van der Waals surface area contributed by atoms with E-state index < -0.39 is 9.84 Å². The SMILES string of the molecule is CC(C)CCN(C)c1ccc(S(C)(=O)=O)cc1N. The summed E-state index contributed by atoms with van der Waals surface area (Å²) in [5.41, 5.74) is 7.30. The fourth-order valence-corrected chi connectivity index (χ4v) is 2.34. The summed E-state index contributed by atoms with van der Waals surface area (Å²) in [7, 11) is -1.23. The predicted octanol–water partition coefficient (Wildman–Crippen LogP) is 2.15. The third-order valence-corrected chi connectivity index (χ3v) is 3.99. The second-order valence-corrected chi connectivity index (χ2v) is 7.11. The van der Waals surface area contributed by atoms with Crippen molar-refractivity contribution in [3.8, 4) is 0 Å². The minimum Gasteiger partial charge on any atom is -0.397 e. The minimum absolute atomic E-state index is 0.265. The molecule has 0 aliphatic carbocycles. The molecule has 2 N–H and O–H groups in total. The molecule has 4 nitrogen and oxygen atoms in total. The van der Waals surface area contributed by atoms with Crippen LogP contribution < -0.4 is 10.6 Å². The van der Waals surface area contributed by atoms with Crippen LogP contribution in [0, 0.1) is 5.92 Å². The van der Waals surface area contributed by atoms with Gasteiger partial charge in [0, 0.05) is 19.8 Å². The van der Waals surface area contributed by atoms with E-state index >= 15 is 0 Å². The highest BCUT2D eigenvalue weighted by molar-refractivity contribution is 7.90. The van der Waals surface area contributed by atoms with Crippen LogP contribution in [0.4, 0.5) is 11.4 Å². The van der Waals surface area contributed by atoms with E-state index in [0.717, 1.165) is 18.7 Å². The van der Waals surface area contributed by atoms with Crippen molar-refractivity contribution < 1.29 is 8.42 Å². The summed E-state index contributed by atoms with van der Waals surface area (Å²) >= 11 is 0. The van der Waals surface area contributed by atoms with Crippen LogP contribution in [0.5, 0.6) is 0 Å². The number of benzene rings is 1. The van der Waals surface area contributed by atoms with Gasteiger partial charge in [-0.05, 0) is 30.5 Å². The molecule has 0 unspecified atom stereocenters. The molecule has 0 fully saturated rings. The van der Waals surface area contributed by atoms with Crippen LogP contribution in [0.3, 0.4) is 0 Å². The first-order valence-electron chi connectivity index (χ1n) is 6.02. The van der Waals surface area contributed by atoms with E-state index in [1.807, 2.05) is 7.05 Å². The molecule has 102 valence electrons. The van der Waals surface area contributed by atoms with Crippen LogP contribution in [0.2, 0.25) is 0 Å². The maximum absolute atomic E-state index is 11.4. The summed E-state index contributed by atoms with van der Waals surface area (Å²) in [4.78, 5) is 2.32. The molecule has 1 aromatic carbocycles. The fourth-order valence-electron chi connectivity index (χ4n) is 1.68. The second kappa shape index (κ2) is 5.61. The Balaban J connectivity index is 2.92. The summed E-state index contributed by atoms with van der Waals surface area (Å²) in [6.45, 7) is 5.24. The molecular weight excluding hydrogens is 248 g/mol. The highest BCUT2D eigenvalue weighted by Crippen LogP contribution is 2.25. The topological polar surface area (TPSA) is 63.4 Å². The molecule has 0 atom stereocenters. The maximum Gasteiger partial charge on any atom is 0.175 e. The molecule has 18 heavy (non-hydrogen) atoms. The molecule has 0 saturated carbocycles. The summed E-state index contributed by atoms with van der Waals surface area (Å²) in [6, 6.07) is 4.90. The Morgan fingerprint density at radius 2 is 1.94 bits per heavy atom. The number of nitrogens with zero attached hydrogens (tertiary/aromatic N) is 1. The molecule has 0 bridgehead atoms. The van der Waals surface area contributed by atoms with Crippen molar-refractivity contribution in [3.63, 3.8) is 0 Å². The van der Waals surface area contributed by atoms with Crippen molar-refractivity contribution in [2.75, 3.05) is 30.5 Å². The zero-order valence-electron chi connectivity index (χ0n) is 11.5. The van der Waals surface area contributed by atoms with Crippen LogP contribution in [-0.2, 0) is 9.84 Å². The molecule has 1 aromatic rings. The van der Waals surface area contributed by atoms with Gasteiger partial charge in [-0.15, -0.1) is 0 Å². The predicted molar refractivity (Wildman–Crippen MR) is 76.7 cm³/mol. The smallest absolute Gasteiger partial charge is 0.175 e. The number of rotatable bonds is 5. The lowest BCUT2D eigenvalue weighted by atomic mass is 10.1. The molecule has 0 heterocycles. The molecule has 0 amide bonds. The summed E-state index contributed by atoms with van der Waals surface area (Å²) in [6.07, 6.45) is 2.26. The zero-order chi connectivity index (χ0) is 13.9. The highest BCUT2D eigenvalue weighted by Gasteiger charge is 2.11. The molecule has 0 spiro atoms. The lowest BCUT2D eigenvalue weighted by Crippen LogP contribution is -2.21. The molecule has 0 aromatic heterocycles. The van der Waals surface area contributed by atoms with Crippen LogP contribution in [0.25, 0.3) is 0 Å². The van der Waals surface area contributed by atoms with Gasteiger partial charge in [-0.25, -0.2) is 8.42 Å². The Morgan fingerprint density at radius 1 is 1.33 bits per heavy atom. The normalized spacial score (nSPS) is 11.8. The summed E-state index contributed by atoms with van der Waals surface area (Å²) in [5, 5.41) is 0. The van der Waals surface area contributed by atoms with Crippen molar-refractivity contribution in [2.24, 2.45) is 5.92 Å². The van der Waals surface area contributed by atoms with Crippen molar-refractivity contribution >= 4 is 21.2 Å². The van der Waals surface area contributed by atoms with Crippen LogP contribution >= 0.6 is 0 Å². The first kappa shape index (κ1) is 14.8. The van der Waals surface area contributed by atoms with E-state index in [9.17, 15) is 8.42 Å². The minimum atomic E-state index is -3.19. The Kier molecular flexibility index (Phi) is 4.62. The summed E-state index contributed by atoms with van der Waals surface area (Å²) in [5.74, 6) is 0.629. The van der Waals surface area contributed by atoms with Gasteiger partial charge in [-0.2, -0.15) is 0 Å². The van der Waals surface area contributed by atoms with Crippen molar-refractivity contribution in [3.05, 3.63) is 18.2 Å². The van der Waals surface area contributed by atoms with E-state index in [1.165, 1.54) is 12.3 Å². The number of nitrogen functional groups attached to an aromatic ring is 1. The fraction of sp³-hybridized carbons (Fsp3) is 0.538. The van der Waals surface area contributed by atoms with Crippen LogP contribution in [0.15, 0.2) is 23.1 Å². The first-order chi connectivity index (χ1) is 8.21. The quantitative estimate of drug-likeness (QED) is 0.833. The monoisotopic (exact) mass is 270 g/mol. The Hall–Kier alpha value is -1.23. The van der Waals surface area contributed by atoms with Crippen molar-refractivity contribution in [1.82, 2.24) is 0 Å². The van der Waals surface area contributed by atoms with Gasteiger partial charge in [0.05, 0.1) is 16.3 Å². The number of hydrogen-bond donors (Lipinski definition) is 1. The van der Waals surface area contributed by atoms with E-state index in [4.69, 9.17) is 5.73 Å². The Labute approximate surface area is 110 Å². The van der Waals surface area contributed by atoms with Crippen molar-refractivity contribution in [1.29, 1.82) is 0 Å². The Bertz CT molecular complexity index is 510. The number of sulfone groups is 1. The molecule has 1 rings (SSSR count).